The van der Waals surface area contributed by atoms with Crippen LogP contribution in [0.4, 0.5) is 5.82 Å². The minimum atomic E-state index is -4.74. The van der Waals surface area contributed by atoms with Gasteiger partial charge in [-0.1, -0.05) is 0 Å². The van der Waals surface area contributed by atoms with Crippen LogP contribution < -0.4 is 5.73 Å². The fraction of sp³-hybridized carbons (Fsp3) is 0.500. The van der Waals surface area contributed by atoms with E-state index < -0.39 is 39.0 Å². The van der Waals surface area contributed by atoms with E-state index in [4.69, 9.17) is 32.5 Å². The molecule has 12 nitrogen and oxygen atoms in total. The van der Waals surface area contributed by atoms with Gasteiger partial charge in [0.2, 0.25) is 0 Å². The van der Waals surface area contributed by atoms with E-state index in [2.05, 4.69) is 19.5 Å². The van der Waals surface area contributed by atoms with Crippen LogP contribution >= 0.6 is 20.0 Å². The van der Waals surface area contributed by atoms with Crippen LogP contribution in [0.15, 0.2) is 6.33 Å². The first-order valence-electron chi connectivity index (χ1n) is 6.61. The lowest BCUT2D eigenvalue weighted by atomic mass is 10.1. The number of phosphoric ester groups is 1. The Morgan fingerprint density at radius 3 is 2.79 bits per heavy atom. The molecule has 24 heavy (non-hydrogen) atoms. The number of rotatable bonds is 4. The van der Waals surface area contributed by atoms with E-state index in [0.29, 0.717) is 5.52 Å². The monoisotopic (exact) mass is 379 g/mol. The van der Waals surface area contributed by atoms with Gasteiger partial charge < -0.3 is 35.5 Å². The molecule has 2 aromatic heterocycles. The average Bonchev–Trinajstić information content (AvgIpc) is 2.96. The summed E-state index contributed by atoms with van der Waals surface area (Å²) in [7, 11) is -4.74. The number of aliphatic hydroxyl groups excluding tert-OH is 2. The van der Waals surface area contributed by atoms with Gasteiger partial charge in [0.1, 0.15) is 30.2 Å². The molecule has 14 heteroatoms. The Morgan fingerprint density at radius 2 is 2.12 bits per heavy atom. The van der Waals surface area contributed by atoms with Gasteiger partial charge in [0.25, 0.3) is 0 Å². The second-order valence-corrected chi connectivity index (χ2v) is 6.72. The molecule has 1 aliphatic rings. The minimum absolute atomic E-state index is 0.116. The van der Waals surface area contributed by atoms with Gasteiger partial charge in [-0.05, 0) is 12.2 Å². The number of fused-ring (bicyclic) bond motifs is 1. The molecular weight excluding hydrogens is 365 g/mol. The van der Waals surface area contributed by atoms with Crippen molar-refractivity contribution in [2.75, 3.05) is 12.3 Å². The van der Waals surface area contributed by atoms with Crippen LogP contribution in [0.3, 0.4) is 0 Å². The van der Waals surface area contributed by atoms with E-state index >= 15 is 0 Å². The second kappa shape index (κ2) is 6.13. The molecule has 1 aliphatic heterocycles. The Kier molecular flexibility index (Phi) is 4.44. The SMILES string of the molecule is Nc1ncnc2c1[nH]c(=S)n2[C@@H]1O[C@H](COP(=O)(O)O)[C@@H](O)[C@H]1O. The Labute approximate surface area is 139 Å². The summed E-state index contributed by atoms with van der Waals surface area (Å²) in [6.45, 7) is -0.619. The van der Waals surface area contributed by atoms with Crippen molar-refractivity contribution in [3.8, 4) is 0 Å². The summed E-state index contributed by atoms with van der Waals surface area (Å²) in [6.07, 6.45) is -4.02. The molecule has 0 spiro atoms. The normalized spacial score (nSPS) is 27.8. The summed E-state index contributed by atoms with van der Waals surface area (Å²) in [5.74, 6) is 0.138. The van der Waals surface area contributed by atoms with E-state index in [0.717, 1.165) is 0 Å². The molecule has 1 saturated heterocycles. The quantitative estimate of drug-likeness (QED) is 0.276. The second-order valence-electron chi connectivity index (χ2n) is 5.09. The lowest BCUT2D eigenvalue weighted by molar-refractivity contribution is -0.0509. The predicted molar refractivity (Wildman–Crippen MR) is 81.0 cm³/mol. The molecule has 7 N–H and O–H groups in total. The van der Waals surface area contributed by atoms with Gasteiger partial charge in [-0.3, -0.25) is 9.09 Å². The van der Waals surface area contributed by atoms with Crippen molar-refractivity contribution < 1.29 is 33.8 Å². The molecule has 0 unspecified atom stereocenters. The number of hydrogen-bond acceptors (Lipinski definition) is 9. The average molecular weight is 379 g/mol. The number of H-pyrrole nitrogens is 1. The number of aromatic amines is 1. The molecule has 0 aromatic carbocycles. The first-order valence-corrected chi connectivity index (χ1v) is 8.55. The Balaban J connectivity index is 1.93. The molecule has 2 aromatic rings. The molecule has 0 bridgehead atoms. The molecule has 0 amide bonds. The molecule has 1 fully saturated rings. The van der Waals surface area contributed by atoms with Crippen LogP contribution in [0.2, 0.25) is 0 Å². The van der Waals surface area contributed by atoms with Gasteiger partial charge in [-0.2, -0.15) is 0 Å². The van der Waals surface area contributed by atoms with Gasteiger partial charge in [-0.15, -0.1) is 0 Å². The van der Waals surface area contributed by atoms with Crippen molar-refractivity contribution in [2.24, 2.45) is 0 Å². The summed E-state index contributed by atoms with van der Waals surface area (Å²) in [4.78, 5) is 28.1. The number of anilines is 1. The number of phosphoric acid groups is 1. The van der Waals surface area contributed by atoms with Crippen molar-refractivity contribution in [1.82, 2.24) is 19.5 Å². The van der Waals surface area contributed by atoms with Crippen molar-refractivity contribution in [3.63, 3.8) is 0 Å². The third kappa shape index (κ3) is 3.08. The largest absolute Gasteiger partial charge is 0.469 e. The van der Waals surface area contributed by atoms with Gasteiger partial charge in [0.15, 0.2) is 22.5 Å². The van der Waals surface area contributed by atoms with E-state index in [1.165, 1.54) is 10.9 Å². The van der Waals surface area contributed by atoms with Crippen LogP contribution in [-0.2, 0) is 13.8 Å². The van der Waals surface area contributed by atoms with Crippen LogP contribution in [0.25, 0.3) is 11.2 Å². The topological polar surface area (TPSA) is 189 Å². The van der Waals surface area contributed by atoms with Crippen LogP contribution in [0.1, 0.15) is 6.23 Å². The van der Waals surface area contributed by atoms with Gasteiger partial charge >= 0.3 is 7.82 Å². The highest BCUT2D eigenvalue weighted by Crippen LogP contribution is 2.39. The third-order valence-electron chi connectivity index (χ3n) is 3.53. The van der Waals surface area contributed by atoms with Crippen molar-refractivity contribution in [2.45, 2.75) is 24.5 Å². The van der Waals surface area contributed by atoms with Crippen molar-refractivity contribution >= 4 is 37.0 Å². The molecular formula is C10H14N5O7PS. The molecule has 0 aliphatic carbocycles. The van der Waals surface area contributed by atoms with Gasteiger partial charge in [0, 0.05) is 0 Å². The Hall–Kier alpha value is -1.44. The minimum Gasteiger partial charge on any atom is -0.387 e. The zero-order valence-corrected chi connectivity index (χ0v) is 13.6. The number of nitrogens with one attached hydrogen (secondary N) is 1. The summed E-state index contributed by atoms with van der Waals surface area (Å²) in [6, 6.07) is 0. The highest BCUT2D eigenvalue weighted by atomic mass is 32.1. The fourth-order valence-electron chi connectivity index (χ4n) is 2.44. The lowest BCUT2D eigenvalue weighted by Gasteiger charge is -2.16. The summed E-state index contributed by atoms with van der Waals surface area (Å²) >= 11 is 5.16. The van der Waals surface area contributed by atoms with E-state index in [9.17, 15) is 14.8 Å². The number of aliphatic hydroxyl groups is 2. The smallest absolute Gasteiger partial charge is 0.387 e. The van der Waals surface area contributed by atoms with Crippen LogP contribution in [0.5, 0.6) is 0 Å². The highest BCUT2D eigenvalue weighted by Gasteiger charge is 2.45. The molecule has 4 atom stereocenters. The number of hydrogen-bond donors (Lipinski definition) is 6. The van der Waals surface area contributed by atoms with E-state index in [1.54, 1.807) is 0 Å². The molecule has 3 rings (SSSR count). The standard InChI is InChI=1S/C10H14N5O7PS/c11-7-4-8(13-2-12-7)15(10(24)14-4)9-6(17)5(16)3(22-9)1-21-23(18,19)20/h2-3,5-6,9,16-17H,1H2,(H,14,24)(H2,11,12,13)(H2,18,19,20)/t3-,5-,6-,9-/m1/s1. The van der Waals surface area contributed by atoms with Crippen LogP contribution in [-0.4, -0.2) is 64.4 Å². The zero-order chi connectivity index (χ0) is 17.6. The maximum atomic E-state index is 10.8. The summed E-state index contributed by atoms with van der Waals surface area (Å²) < 4.78 is 22.0. The highest BCUT2D eigenvalue weighted by molar-refractivity contribution is 7.71. The Bertz CT molecular complexity index is 865. The maximum absolute atomic E-state index is 10.8. The third-order valence-corrected chi connectivity index (χ3v) is 4.32. The number of nitrogens with zero attached hydrogens (tertiary/aromatic N) is 3. The van der Waals surface area contributed by atoms with E-state index in [-0.39, 0.29) is 16.2 Å². The van der Waals surface area contributed by atoms with Crippen molar-refractivity contribution in [1.29, 1.82) is 0 Å². The molecule has 132 valence electrons. The van der Waals surface area contributed by atoms with E-state index in [1.807, 2.05) is 0 Å². The number of nitrogens with two attached hydrogens (primary N) is 1. The number of ether oxygens (including phenoxy) is 1. The molecule has 3 heterocycles. The Morgan fingerprint density at radius 1 is 1.42 bits per heavy atom. The first kappa shape index (κ1) is 17.4. The van der Waals surface area contributed by atoms with Gasteiger partial charge in [-0.25, -0.2) is 14.5 Å². The summed E-state index contributed by atoms with van der Waals surface area (Å²) in [5.41, 5.74) is 6.31. The molecule has 0 saturated carbocycles. The lowest BCUT2D eigenvalue weighted by Crippen LogP contribution is -2.33. The van der Waals surface area contributed by atoms with Gasteiger partial charge in [0.05, 0.1) is 6.61 Å². The fourth-order valence-corrected chi connectivity index (χ4v) is 3.08. The number of aromatic nitrogens is 4. The maximum Gasteiger partial charge on any atom is 0.469 e. The first-order chi connectivity index (χ1) is 11.2. The number of nitrogen functional groups attached to an aromatic ring is 1. The van der Waals surface area contributed by atoms with Crippen molar-refractivity contribution in [3.05, 3.63) is 11.1 Å². The number of imidazole rings is 1. The molecule has 0 radical (unpaired) electrons. The predicted octanol–water partition coefficient (Wildman–Crippen LogP) is -1.20. The summed E-state index contributed by atoms with van der Waals surface area (Å²) in [5, 5.41) is 20.2. The van der Waals surface area contributed by atoms with Crippen LogP contribution in [0, 0.1) is 4.77 Å². The zero-order valence-electron chi connectivity index (χ0n) is 11.9.